The number of nitrogens with zero attached hydrogens (tertiary/aromatic N) is 1. The molecule has 1 aromatic rings. The van der Waals surface area contributed by atoms with Crippen molar-refractivity contribution in [3.63, 3.8) is 0 Å². The molecule has 0 radical (unpaired) electrons. The second kappa shape index (κ2) is 4.09. The van der Waals surface area contributed by atoms with Crippen LogP contribution in [0.1, 0.15) is 36.8 Å². The van der Waals surface area contributed by atoms with Gasteiger partial charge in [-0.1, -0.05) is 24.6 Å². The molecule has 2 saturated carbocycles. The largest absolute Gasteiger partial charge is 0.311 e. The second-order valence-corrected chi connectivity index (χ2v) is 6.60. The normalized spacial score (nSPS) is 31.8. The fourth-order valence-electron chi connectivity index (χ4n) is 4.62. The molecule has 0 N–H and O–H groups in total. The molecular weight excluding hydrogens is 234 g/mol. The first kappa shape index (κ1) is 11.5. The third-order valence-corrected chi connectivity index (χ3v) is 5.52. The Balaban J connectivity index is 1.63. The highest BCUT2D eigenvalue weighted by Crippen LogP contribution is 2.49. The number of carbonyl (C=O) groups excluding carboxylic acids is 1. The minimum absolute atomic E-state index is 0.323. The lowest BCUT2D eigenvalue weighted by Crippen LogP contribution is -2.37. The van der Waals surface area contributed by atoms with E-state index in [0.29, 0.717) is 17.7 Å². The molecule has 3 unspecified atom stereocenters. The Morgan fingerprint density at radius 1 is 1.26 bits per heavy atom. The SMILES string of the molecule is Cc1cccc2c1N(C(=O)C1CC3CCC1C3)CC2. The number of amides is 1. The van der Waals surface area contributed by atoms with Gasteiger partial charge in [0.1, 0.15) is 0 Å². The van der Waals surface area contributed by atoms with E-state index in [2.05, 4.69) is 30.0 Å². The van der Waals surface area contributed by atoms with Gasteiger partial charge in [-0.05, 0) is 55.6 Å². The standard InChI is InChI=1S/C17H21NO/c1-11-3-2-4-13-7-8-18(16(11)13)17(19)15-10-12-5-6-14(15)9-12/h2-4,12,14-15H,5-10H2,1H3. The number of rotatable bonds is 1. The van der Waals surface area contributed by atoms with Crippen molar-refractivity contribution in [1.82, 2.24) is 0 Å². The average Bonchev–Trinajstić information content (AvgIpc) is 3.12. The molecule has 1 heterocycles. The summed E-state index contributed by atoms with van der Waals surface area (Å²) in [4.78, 5) is 15.0. The Bertz CT molecular complexity index is 536. The Hall–Kier alpha value is -1.31. The molecule has 1 aromatic carbocycles. The number of hydrogen-bond donors (Lipinski definition) is 0. The molecule has 19 heavy (non-hydrogen) atoms. The molecule has 3 atom stereocenters. The molecule has 3 aliphatic rings. The van der Waals surface area contributed by atoms with Gasteiger partial charge in [0.25, 0.3) is 0 Å². The van der Waals surface area contributed by atoms with Crippen LogP contribution in [0, 0.1) is 24.7 Å². The molecule has 100 valence electrons. The zero-order chi connectivity index (χ0) is 13.0. The molecular formula is C17H21NO. The van der Waals surface area contributed by atoms with Crippen molar-refractivity contribution in [3.8, 4) is 0 Å². The molecule has 2 bridgehead atoms. The number of para-hydroxylation sites is 1. The summed E-state index contributed by atoms with van der Waals surface area (Å²) >= 11 is 0. The van der Waals surface area contributed by atoms with Gasteiger partial charge in [-0.15, -0.1) is 0 Å². The van der Waals surface area contributed by atoms with E-state index in [4.69, 9.17) is 0 Å². The molecule has 2 aliphatic carbocycles. The molecule has 2 fully saturated rings. The van der Waals surface area contributed by atoms with E-state index < -0.39 is 0 Å². The van der Waals surface area contributed by atoms with Gasteiger partial charge in [-0.25, -0.2) is 0 Å². The van der Waals surface area contributed by atoms with E-state index in [0.717, 1.165) is 25.3 Å². The first-order valence-electron chi connectivity index (χ1n) is 7.64. The molecule has 2 heteroatoms. The van der Waals surface area contributed by atoms with Gasteiger partial charge in [0.15, 0.2) is 0 Å². The van der Waals surface area contributed by atoms with Gasteiger partial charge in [0.05, 0.1) is 0 Å². The molecule has 0 aromatic heterocycles. The smallest absolute Gasteiger partial charge is 0.230 e. The van der Waals surface area contributed by atoms with Crippen LogP contribution in [0.4, 0.5) is 5.69 Å². The van der Waals surface area contributed by atoms with Gasteiger partial charge >= 0.3 is 0 Å². The van der Waals surface area contributed by atoms with Crippen molar-refractivity contribution in [3.05, 3.63) is 29.3 Å². The predicted octanol–water partition coefficient (Wildman–Crippen LogP) is 3.32. The lowest BCUT2D eigenvalue weighted by atomic mass is 9.87. The highest BCUT2D eigenvalue weighted by Gasteiger charge is 2.45. The molecule has 0 saturated heterocycles. The van der Waals surface area contributed by atoms with Crippen LogP contribution in [0.3, 0.4) is 0 Å². The number of carbonyl (C=O) groups is 1. The van der Waals surface area contributed by atoms with Crippen LogP contribution < -0.4 is 4.90 Å². The third kappa shape index (κ3) is 1.65. The number of hydrogen-bond acceptors (Lipinski definition) is 1. The highest BCUT2D eigenvalue weighted by atomic mass is 16.2. The van der Waals surface area contributed by atoms with Crippen molar-refractivity contribution in [2.45, 2.75) is 39.0 Å². The molecule has 0 spiro atoms. The van der Waals surface area contributed by atoms with Crippen LogP contribution in [0.25, 0.3) is 0 Å². The fourth-order valence-corrected chi connectivity index (χ4v) is 4.62. The monoisotopic (exact) mass is 255 g/mol. The van der Waals surface area contributed by atoms with Crippen molar-refractivity contribution < 1.29 is 4.79 Å². The summed E-state index contributed by atoms with van der Waals surface area (Å²) in [5.74, 6) is 2.27. The maximum atomic E-state index is 12.9. The van der Waals surface area contributed by atoms with Crippen LogP contribution in [0.2, 0.25) is 0 Å². The van der Waals surface area contributed by atoms with Gasteiger partial charge in [0, 0.05) is 18.2 Å². The number of fused-ring (bicyclic) bond motifs is 3. The number of anilines is 1. The quantitative estimate of drug-likeness (QED) is 0.754. The zero-order valence-corrected chi connectivity index (χ0v) is 11.6. The Kier molecular flexibility index (Phi) is 2.48. The third-order valence-electron chi connectivity index (χ3n) is 5.52. The van der Waals surface area contributed by atoms with Crippen LogP contribution in [0.15, 0.2) is 18.2 Å². The summed E-state index contributed by atoms with van der Waals surface area (Å²) in [6, 6.07) is 6.42. The highest BCUT2D eigenvalue weighted by molar-refractivity contribution is 5.98. The summed E-state index contributed by atoms with van der Waals surface area (Å²) in [5, 5.41) is 0. The topological polar surface area (TPSA) is 20.3 Å². The Morgan fingerprint density at radius 3 is 2.89 bits per heavy atom. The van der Waals surface area contributed by atoms with E-state index in [-0.39, 0.29) is 0 Å². The summed E-state index contributed by atoms with van der Waals surface area (Å²) in [6.07, 6.45) is 6.15. The van der Waals surface area contributed by atoms with Crippen molar-refractivity contribution in [1.29, 1.82) is 0 Å². The lowest BCUT2D eigenvalue weighted by Gasteiger charge is -2.27. The summed E-state index contributed by atoms with van der Waals surface area (Å²) < 4.78 is 0. The van der Waals surface area contributed by atoms with Crippen molar-refractivity contribution in [2.24, 2.45) is 17.8 Å². The second-order valence-electron chi connectivity index (χ2n) is 6.60. The van der Waals surface area contributed by atoms with E-state index in [1.165, 1.54) is 36.1 Å². The van der Waals surface area contributed by atoms with Gasteiger partial charge in [-0.2, -0.15) is 0 Å². The lowest BCUT2D eigenvalue weighted by molar-refractivity contribution is -0.123. The van der Waals surface area contributed by atoms with E-state index in [1.807, 2.05) is 0 Å². The minimum atomic E-state index is 0.323. The predicted molar refractivity (Wildman–Crippen MR) is 76.2 cm³/mol. The zero-order valence-electron chi connectivity index (χ0n) is 11.6. The maximum Gasteiger partial charge on any atom is 0.230 e. The average molecular weight is 255 g/mol. The Morgan fingerprint density at radius 2 is 2.16 bits per heavy atom. The number of aryl methyl sites for hydroxylation is 1. The van der Waals surface area contributed by atoms with E-state index in [1.54, 1.807) is 0 Å². The van der Waals surface area contributed by atoms with Crippen LogP contribution >= 0.6 is 0 Å². The van der Waals surface area contributed by atoms with Crippen LogP contribution in [-0.4, -0.2) is 12.5 Å². The van der Waals surface area contributed by atoms with Crippen LogP contribution in [-0.2, 0) is 11.2 Å². The van der Waals surface area contributed by atoms with Crippen molar-refractivity contribution in [2.75, 3.05) is 11.4 Å². The molecule has 2 nitrogen and oxygen atoms in total. The summed E-state index contributed by atoms with van der Waals surface area (Å²) in [5.41, 5.74) is 3.83. The first-order valence-corrected chi connectivity index (χ1v) is 7.64. The maximum absolute atomic E-state index is 12.9. The van der Waals surface area contributed by atoms with Gasteiger partial charge < -0.3 is 4.90 Å². The van der Waals surface area contributed by atoms with Gasteiger partial charge in [-0.3, -0.25) is 4.79 Å². The summed E-state index contributed by atoms with van der Waals surface area (Å²) in [6.45, 7) is 3.03. The molecule has 4 rings (SSSR count). The summed E-state index contributed by atoms with van der Waals surface area (Å²) in [7, 11) is 0. The van der Waals surface area contributed by atoms with Crippen LogP contribution in [0.5, 0.6) is 0 Å². The first-order chi connectivity index (χ1) is 9.24. The van der Waals surface area contributed by atoms with Gasteiger partial charge in [0.2, 0.25) is 5.91 Å². The Labute approximate surface area is 114 Å². The van der Waals surface area contributed by atoms with Crippen molar-refractivity contribution >= 4 is 11.6 Å². The number of benzene rings is 1. The molecule has 1 aliphatic heterocycles. The fraction of sp³-hybridized carbons (Fsp3) is 0.588. The van der Waals surface area contributed by atoms with E-state index in [9.17, 15) is 4.79 Å². The van der Waals surface area contributed by atoms with E-state index >= 15 is 0 Å². The minimum Gasteiger partial charge on any atom is -0.311 e. The molecule has 1 amide bonds.